The maximum atomic E-state index is 12.8. The standard InChI is InChI=1S/C20H23NO4/c1-14-9-11-15(12-10-14)18(25-20(23)17-8-5-13-24-17)19(22)21-16-6-3-2-4-7-16/h5,8-13,16,18H,2-4,6-7H2,1H3,(H,21,22)/t18-/m1/s1. The Balaban J connectivity index is 1.76. The van der Waals surface area contributed by atoms with Crippen molar-refractivity contribution in [2.75, 3.05) is 0 Å². The van der Waals surface area contributed by atoms with Crippen LogP contribution in [0.25, 0.3) is 0 Å². The number of benzene rings is 1. The Hall–Kier alpha value is -2.56. The molecule has 1 atom stereocenters. The van der Waals surface area contributed by atoms with E-state index in [1.807, 2.05) is 31.2 Å². The zero-order chi connectivity index (χ0) is 17.6. The Morgan fingerprint density at radius 1 is 1.12 bits per heavy atom. The van der Waals surface area contributed by atoms with E-state index in [2.05, 4.69) is 5.32 Å². The summed E-state index contributed by atoms with van der Waals surface area (Å²) in [4.78, 5) is 25.0. The number of nitrogens with one attached hydrogen (secondary N) is 1. The smallest absolute Gasteiger partial charge is 0.375 e. The van der Waals surface area contributed by atoms with E-state index in [0.29, 0.717) is 5.56 Å². The highest BCUT2D eigenvalue weighted by atomic mass is 16.6. The van der Waals surface area contributed by atoms with Gasteiger partial charge in [0, 0.05) is 11.6 Å². The van der Waals surface area contributed by atoms with Gasteiger partial charge in [-0.2, -0.15) is 0 Å². The highest BCUT2D eigenvalue weighted by molar-refractivity contribution is 5.90. The lowest BCUT2D eigenvalue weighted by molar-refractivity contribution is -0.131. The summed E-state index contributed by atoms with van der Waals surface area (Å²) < 4.78 is 10.6. The molecule has 0 bridgehead atoms. The minimum Gasteiger partial charge on any atom is -0.457 e. The molecule has 1 fully saturated rings. The Morgan fingerprint density at radius 2 is 1.84 bits per heavy atom. The third-order valence-electron chi connectivity index (χ3n) is 4.52. The Morgan fingerprint density at radius 3 is 2.48 bits per heavy atom. The van der Waals surface area contributed by atoms with E-state index >= 15 is 0 Å². The van der Waals surface area contributed by atoms with Crippen molar-refractivity contribution in [3.05, 3.63) is 59.5 Å². The van der Waals surface area contributed by atoms with E-state index in [-0.39, 0.29) is 17.7 Å². The van der Waals surface area contributed by atoms with Crippen LogP contribution >= 0.6 is 0 Å². The number of carbonyl (C=O) groups excluding carboxylic acids is 2. The lowest BCUT2D eigenvalue weighted by Crippen LogP contribution is -2.40. The van der Waals surface area contributed by atoms with E-state index < -0.39 is 12.1 Å². The van der Waals surface area contributed by atoms with Crippen LogP contribution in [0.5, 0.6) is 0 Å². The average Bonchev–Trinajstić information content (AvgIpc) is 3.16. The van der Waals surface area contributed by atoms with Gasteiger partial charge in [-0.1, -0.05) is 49.1 Å². The number of amides is 1. The molecule has 2 aromatic rings. The van der Waals surface area contributed by atoms with Crippen LogP contribution in [0.4, 0.5) is 0 Å². The maximum absolute atomic E-state index is 12.8. The largest absolute Gasteiger partial charge is 0.457 e. The van der Waals surface area contributed by atoms with Crippen LogP contribution in [0.15, 0.2) is 47.1 Å². The zero-order valence-corrected chi connectivity index (χ0v) is 14.4. The summed E-state index contributed by atoms with van der Waals surface area (Å²) in [6.45, 7) is 1.97. The number of furan rings is 1. The van der Waals surface area contributed by atoms with Crippen molar-refractivity contribution >= 4 is 11.9 Å². The van der Waals surface area contributed by atoms with Gasteiger partial charge >= 0.3 is 5.97 Å². The molecule has 1 aromatic heterocycles. The first-order valence-corrected chi connectivity index (χ1v) is 8.75. The Bertz CT molecular complexity index is 700. The van der Waals surface area contributed by atoms with Gasteiger partial charge < -0.3 is 14.5 Å². The third-order valence-corrected chi connectivity index (χ3v) is 4.52. The van der Waals surface area contributed by atoms with Gasteiger partial charge in [-0.15, -0.1) is 0 Å². The van der Waals surface area contributed by atoms with Gasteiger partial charge in [0.1, 0.15) is 0 Å². The van der Waals surface area contributed by atoms with Crippen LogP contribution in [0.3, 0.4) is 0 Å². The fraction of sp³-hybridized carbons (Fsp3) is 0.400. The molecular formula is C20H23NO4. The quantitative estimate of drug-likeness (QED) is 0.837. The normalized spacial score (nSPS) is 16.2. The summed E-state index contributed by atoms with van der Waals surface area (Å²) in [6.07, 6.45) is 5.80. The van der Waals surface area contributed by atoms with E-state index in [9.17, 15) is 9.59 Å². The minimum absolute atomic E-state index is 0.0857. The SMILES string of the molecule is Cc1ccc([C@@H](OC(=O)c2ccco2)C(=O)NC2CCCCC2)cc1. The lowest BCUT2D eigenvalue weighted by Gasteiger charge is -2.25. The number of esters is 1. The van der Waals surface area contributed by atoms with Gasteiger partial charge in [0.2, 0.25) is 11.9 Å². The number of rotatable bonds is 5. The van der Waals surface area contributed by atoms with Crippen LogP contribution in [0, 0.1) is 6.92 Å². The van der Waals surface area contributed by atoms with E-state index in [0.717, 1.165) is 31.2 Å². The first-order chi connectivity index (χ1) is 12.1. The topological polar surface area (TPSA) is 68.5 Å². The molecule has 132 valence electrons. The monoisotopic (exact) mass is 341 g/mol. The molecule has 3 rings (SSSR count). The molecule has 25 heavy (non-hydrogen) atoms. The first kappa shape index (κ1) is 17.3. The molecule has 1 heterocycles. The molecule has 1 amide bonds. The second-order valence-corrected chi connectivity index (χ2v) is 6.52. The van der Waals surface area contributed by atoms with Crippen molar-refractivity contribution in [1.82, 2.24) is 5.32 Å². The van der Waals surface area contributed by atoms with E-state index in [1.54, 1.807) is 6.07 Å². The fourth-order valence-corrected chi connectivity index (χ4v) is 3.10. The number of ether oxygens (including phenoxy) is 1. The molecule has 0 spiro atoms. The van der Waals surface area contributed by atoms with Crippen LogP contribution in [0.1, 0.15) is 59.9 Å². The molecule has 1 saturated carbocycles. The highest BCUT2D eigenvalue weighted by Crippen LogP contribution is 2.23. The molecule has 0 saturated heterocycles. The van der Waals surface area contributed by atoms with Gasteiger partial charge in [-0.3, -0.25) is 4.79 Å². The second kappa shape index (κ2) is 8.01. The molecule has 0 radical (unpaired) electrons. The molecule has 5 nitrogen and oxygen atoms in total. The fourth-order valence-electron chi connectivity index (χ4n) is 3.10. The average molecular weight is 341 g/mol. The van der Waals surface area contributed by atoms with Gasteiger partial charge in [-0.25, -0.2) is 4.79 Å². The highest BCUT2D eigenvalue weighted by Gasteiger charge is 2.28. The summed E-state index contributed by atoms with van der Waals surface area (Å²) in [5.41, 5.74) is 1.73. The summed E-state index contributed by atoms with van der Waals surface area (Å²) >= 11 is 0. The molecule has 1 aliphatic rings. The predicted molar refractivity (Wildman–Crippen MR) is 93.1 cm³/mol. The van der Waals surface area contributed by atoms with Gasteiger partial charge in [0.15, 0.2) is 0 Å². The summed E-state index contributed by atoms with van der Waals surface area (Å²) in [6, 6.07) is 10.7. The summed E-state index contributed by atoms with van der Waals surface area (Å²) in [7, 11) is 0. The third kappa shape index (κ3) is 4.50. The van der Waals surface area contributed by atoms with Crippen molar-refractivity contribution in [1.29, 1.82) is 0 Å². The second-order valence-electron chi connectivity index (χ2n) is 6.52. The number of hydrogen-bond donors (Lipinski definition) is 1. The van der Waals surface area contributed by atoms with Crippen LogP contribution in [0.2, 0.25) is 0 Å². The van der Waals surface area contributed by atoms with Crippen molar-refractivity contribution < 1.29 is 18.7 Å². The van der Waals surface area contributed by atoms with Crippen molar-refractivity contribution in [3.8, 4) is 0 Å². The summed E-state index contributed by atoms with van der Waals surface area (Å²) in [5, 5.41) is 3.04. The predicted octanol–water partition coefficient (Wildman–Crippen LogP) is 3.94. The van der Waals surface area contributed by atoms with Crippen molar-refractivity contribution in [2.45, 2.75) is 51.2 Å². The van der Waals surface area contributed by atoms with Crippen molar-refractivity contribution in [3.63, 3.8) is 0 Å². The van der Waals surface area contributed by atoms with E-state index in [1.165, 1.54) is 18.8 Å². The molecule has 1 aliphatic carbocycles. The lowest BCUT2D eigenvalue weighted by atomic mass is 9.95. The minimum atomic E-state index is -0.986. The van der Waals surface area contributed by atoms with Crippen LogP contribution < -0.4 is 5.32 Å². The van der Waals surface area contributed by atoms with Crippen LogP contribution in [-0.2, 0) is 9.53 Å². The van der Waals surface area contributed by atoms with Crippen molar-refractivity contribution in [2.24, 2.45) is 0 Å². The molecule has 1 aromatic carbocycles. The maximum Gasteiger partial charge on any atom is 0.375 e. The van der Waals surface area contributed by atoms with E-state index in [4.69, 9.17) is 9.15 Å². The Labute approximate surface area is 147 Å². The molecule has 0 unspecified atom stereocenters. The first-order valence-electron chi connectivity index (χ1n) is 8.75. The number of carbonyl (C=O) groups is 2. The van der Waals surface area contributed by atoms with Gasteiger partial charge in [0.25, 0.3) is 5.91 Å². The molecule has 1 N–H and O–H groups in total. The molecular weight excluding hydrogens is 318 g/mol. The number of hydrogen-bond acceptors (Lipinski definition) is 4. The number of aryl methyl sites for hydroxylation is 1. The van der Waals surface area contributed by atoms with Gasteiger partial charge in [-0.05, 0) is 31.9 Å². The Kier molecular flexibility index (Phi) is 5.53. The summed E-state index contributed by atoms with van der Waals surface area (Å²) in [5.74, 6) is -0.840. The van der Waals surface area contributed by atoms with Gasteiger partial charge in [0.05, 0.1) is 6.26 Å². The molecule has 5 heteroatoms. The van der Waals surface area contributed by atoms with Crippen LogP contribution in [-0.4, -0.2) is 17.9 Å². The zero-order valence-electron chi connectivity index (χ0n) is 14.4. The molecule has 0 aliphatic heterocycles.